The maximum absolute atomic E-state index is 14.0. The first-order valence-corrected chi connectivity index (χ1v) is 7.78. The highest BCUT2D eigenvalue weighted by Crippen LogP contribution is 2.37. The van der Waals surface area contributed by atoms with E-state index in [1.54, 1.807) is 11.0 Å². The molecule has 0 bridgehead atoms. The van der Waals surface area contributed by atoms with Gasteiger partial charge in [-0.1, -0.05) is 0 Å². The lowest BCUT2D eigenvalue weighted by atomic mass is 9.78. The van der Waals surface area contributed by atoms with Gasteiger partial charge in [-0.15, -0.1) is 0 Å². The summed E-state index contributed by atoms with van der Waals surface area (Å²) < 4.78 is 51.0. The minimum absolute atomic E-state index is 0.240. The number of rotatable bonds is 3. The molecule has 0 atom stereocenters. The Bertz CT molecular complexity index is 587. The number of benzene rings is 1. The molecule has 0 unspecified atom stereocenters. The van der Waals surface area contributed by atoms with Gasteiger partial charge in [-0.25, -0.2) is 13.2 Å². The van der Waals surface area contributed by atoms with E-state index in [2.05, 4.69) is 0 Å². The van der Waals surface area contributed by atoms with E-state index in [9.17, 15) is 13.2 Å². The van der Waals surface area contributed by atoms with E-state index in [-0.39, 0.29) is 13.1 Å². The highest BCUT2D eigenvalue weighted by atomic mass is 19.3. The first kappa shape index (κ1) is 16.6. The van der Waals surface area contributed by atoms with Gasteiger partial charge in [0.15, 0.2) is 0 Å². The maximum atomic E-state index is 14.0. The number of hydrogen-bond donors (Lipinski definition) is 0. The number of anilines is 1. The largest absolute Gasteiger partial charge is 0.495 e. The van der Waals surface area contributed by atoms with Crippen LogP contribution in [0.4, 0.5) is 18.9 Å². The number of halogens is 3. The summed E-state index contributed by atoms with van der Waals surface area (Å²) in [5, 5.41) is 0. The van der Waals surface area contributed by atoms with E-state index in [0.717, 1.165) is 0 Å². The first-order chi connectivity index (χ1) is 10.6. The topological polar surface area (TPSA) is 21.7 Å². The number of hydrogen-bond acceptors (Lipinski definition) is 3. The van der Waals surface area contributed by atoms with Gasteiger partial charge < -0.3 is 14.2 Å². The molecule has 0 radical (unpaired) electrons. The van der Waals surface area contributed by atoms with Crippen molar-refractivity contribution in [2.45, 2.75) is 45.3 Å². The van der Waals surface area contributed by atoms with Crippen LogP contribution in [0.15, 0.2) is 18.2 Å². The molecule has 2 heterocycles. The highest BCUT2D eigenvalue weighted by Gasteiger charge is 2.52. The van der Waals surface area contributed by atoms with Gasteiger partial charge in [0.05, 0.1) is 17.1 Å². The van der Waals surface area contributed by atoms with Crippen LogP contribution in [0.2, 0.25) is 0 Å². The fourth-order valence-electron chi connectivity index (χ4n) is 2.78. The summed E-state index contributed by atoms with van der Waals surface area (Å²) in [4.78, 5) is 1.74. The molecule has 2 fully saturated rings. The van der Waals surface area contributed by atoms with Crippen molar-refractivity contribution in [3.63, 3.8) is 0 Å². The van der Waals surface area contributed by atoms with Gasteiger partial charge in [-0.3, -0.25) is 0 Å². The Labute approximate surface area is 134 Å². The van der Waals surface area contributed by atoms with Crippen molar-refractivity contribution in [2.24, 2.45) is 5.92 Å². The smallest absolute Gasteiger partial charge is 0.399 e. The summed E-state index contributed by atoms with van der Waals surface area (Å²) >= 11 is 0. The molecule has 0 amide bonds. The maximum Gasteiger partial charge on any atom is 0.495 e. The molecule has 2 aliphatic rings. The molecule has 2 saturated heterocycles. The SMILES string of the molecule is CC1(C)OB(c2cc(F)cc(N3CC(C(F)F)C3)c2)OC1(C)C. The quantitative estimate of drug-likeness (QED) is 0.797. The summed E-state index contributed by atoms with van der Waals surface area (Å²) in [6.07, 6.45) is -2.33. The Morgan fingerprint density at radius 2 is 1.65 bits per heavy atom. The molecule has 0 saturated carbocycles. The van der Waals surface area contributed by atoms with Gasteiger partial charge >= 0.3 is 7.12 Å². The van der Waals surface area contributed by atoms with Crippen LogP contribution in [0, 0.1) is 11.7 Å². The molecule has 0 aliphatic carbocycles. The lowest BCUT2D eigenvalue weighted by Crippen LogP contribution is -2.50. The second kappa shape index (κ2) is 5.41. The van der Waals surface area contributed by atoms with E-state index in [1.165, 1.54) is 12.1 Å². The minimum atomic E-state index is -2.33. The van der Waals surface area contributed by atoms with Crippen LogP contribution in [0.5, 0.6) is 0 Å². The summed E-state index contributed by atoms with van der Waals surface area (Å²) in [5.41, 5.74) is 0.134. The predicted octanol–water partition coefficient (Wildman–Crippen LogP) is 2.83. The summed E-state index contributed by atoms with van der Waals surface area (Å²) in [7, 11) is -0.665. The van der Waals surface area contributed by atoms with Crippen molar-refractivity contribution < 1.29 is 22.5 Å². The molecule has 0 spiro atoms. The molecular formula is C16H21BF3NO2. The molecular weight excluding hydrogens is 306 g/mol. The van der Waals surface area contributed by atoms with E-state index in [1.807, 2.05) is 27.7 Å². The second-order valence-electron chi connectivity index (χ2n) is 7.33. The van der Waals surface area contributed by atoms with Gasteiger partial charge in [0, 0.05) is 18.8 Å². The van der Waals surface area contributed by atoms with Crippen LogP contribution in [-0.2, 0) is 9.31 Å². The normalized spacial score (nSPS) is 23.5. The van der Waals surface area contributed by atoms with Crippen LogP contribution < -0.4 is 10.4 Å². The van der Waals surface area contributed by atoms with E-state index >= 15 is 0 Å². The van der Waals surface area contributed by atoms with Crippen LogP contribution in [-0.4, -0.2) is 37.8 Å². The van der Waals surface area contributed by atoms with Crippen molar-refractivity contribution in [3.05, 3.63) is 24.0 Å². The number of alkyl halides is 2. The summed E-state index contributed by atoms with van der Waals surface area (Å²) in [6.45, 7) is 8.19. The fourth-order valence-corrected chi connectivity index (χ4v) is 2.78. The summed E-state index contributed by atoms with van der Waals surface area (Å²) in [6, 6.07) is 4.49. The molecule has 0 aromatic heterocycles. The van der Waals surface area contributed by atoms with E-state index < -0.39 is 36.5 Å². The van der Waals surface area contributed by atoms with Crippen LogP contribution in [0.25, 0.3) is 0 Å². The molecule has 2 aliphatic heterocycles. The van der Waals surface area contributed by atoms with Gasteiger partial charge in [-0.05, 0) is 51.4 Å². The third-order valence-electron chi connectivity index (χ3n) is 5.06. The van der Waals surface area contributed by atoms with Crippen LogP contribution in [0.1, 0.15) is 27.7 Å². The fraction of sp³-hybridized carbons (Fsp3) is 0.625. The van der Waals surface area contributed by atoms with Crippen LogP contribution in [0.3, 0.4) is 0 Å². The molecule has 1 aromatic carbocycles. The Morgan fingerprint density at radius 3 is 2.17 bits per heavy atom. The molecule has 1 aromatic rings. The Hall–Kier alpha value is -1.21. The standard InChI is InChI=1S/C16H21BF3NO2/c1-15(2)16(3,4)23-17(22-15)11-5-12(18)7-13(6-11)21-8-10(9-21)14(19)20/h5-7,10,14H,8-9H2,1-4H3. The van der Waals surface area contributed by atoms with Gasteiger partial charge in [0.2, 0.25) is 6.43 Å². The van der Waals surface area contributed by atoms with Crippen molar-refractivity contribution in [1.29, 1.82) is 0 Å². The average Bonchev–Trinajstić information content (AvgIpc) is 2.55. The Morgan fingerprint density at radius 1 is 1.09 bits per heavy atom. The van der Waals surface area contributed by atoms with Crippen LogP contribution >= 0.6 is 0 Å². The van der Waals surface area contributed by atoms with Crippen molar-refractivity contribution in [1.82, 2.24) is 0 Å². The lowest BCUT2D eigenvalue weighted by molar-refractivity contribution is 0.00578. The lowest BCUT2D eigenvalue weighted by Gasteiger charge is -2.40. The monoisotopic (exact) mass is 327 g/mol. The summed E-state index contributed by atoms with van der Waals surface area (Å²) in [5.74, 6) is -1.06. The molecule has 126 valence electrons. The zero-order valence-electron chi connectivity index (χ0n) is 13.8. The predicted molar refractivity (Wildman–Crippen MR) is 83.8 cm³/mol. The Balaban J connectivity index is 1.80. The van der Waals surface area contributed by atoms with Crippen molar-refractivity contribution in [2.75, 3.05) is 18.0 Å². The zero-order chi connectivity index (χ0) is 17.0. The molecule has 0 N–H and O–H groups in total. The van der Waals surface area contributed by atoms with Crippen molar-refractivity contribution in [3.8, 4) is 0 Å². The second-order valence-corrected chi connectivity index (χ2v) is 7.33. The van der Waals surface area contributed by atoms with Gasteiger partial charge in [-0.2, -0.15) is 0 Å². The minimum Gasteiger partial charge on any atom is -0.399 e. The molecule has 7 heteroatoms. The molecule has 3 nitrogen and oxygen atoms in total. The number of nitrogens with zero attached hydrogens (tertiary/aromatic N) is 1. The van der Waals surface area contributed by atoms with Gasteiger partial charge in [0.1, 0.15) is 5.82 Å². The average molecular weight is 327 g/mol. The van der Waals surface area contributed by atoms with Gasteiger partial charge in [0.25, 0.3) is 0 Å². The third kappa shape index (κ3) is 2.96. The first-order valence-electron chi connectivity index (χ1n) is 7.78. The molecule has 3 rings (SSSR count). The molecule has 23 heavy (non-hydrogen) atoms. The highest BCUT2D eigenvalue weighted by molar-refractivity contribution is 6.62. The zero-order valence-corrected chi connectivity index (χ0v) is 13.8. The van der Waals surface area contributed by atoms with E-state index in [4.69, 9.17) is 9.31 Å². The van der Waals surface area contributed by atoms with E-state index in [0.29, 0.717) is 11.2 Å². The van der Waals surface area contributed by atoms with Crippen molar-refractivity contribution >= 4 is 18.3 Å². The Kier molecular flexibility index (Phi) is 3.92. The third-order valence-corrected chi connectivity index (χ3v) is 5.06.